The van der Waals surface area contributed by atoms with E-state index >= 15 is 0 Å². The van der Waals surface area contributed by atoms with Crippen molar-refractivity contribution in [2.24, 2.45) is 0 Å². The first-order chi connectivity index (χ1) is 8.40. The van der Waals surface area contributed by atoms with Gasteiger partial charge in [-0.2, -0.15) is 0 Å². The maximum absolute atomic E-state index is 13.4. The molecule has 1 N–H and O–H groups in total. The van der Waals surface area contributed by atoms with Gasteiger partial charge in [-0.25, -0.2) is 4.39 Å². The summed E-state index contributed by atoms with van der Waals surface area (Å²) < 4.78 is 13.4. The number of likely N-dealkylation sites (tertiary alicyclic amines) is 1. The van der Waals surface area contributed by atoms with Gasteiger partial charge in [0, 0.05) is 24.2 Å². The number of aliphatic hydroxyl groups is 1. The van der Waals surface area contributed by atoms with Crippen molar-refractivity contribution in [3.63, 3.8) is 0 Å². The van der Waals surface area contributed by atoms with Crippen molar-refractivity contribution < 1.29 is 9.50 Å². The van der Waals surface area contributed by atoms with E-state index in [0.717, 1.165) is 13.1 Å². The summed E-state index contributed by atoms with van der Waals surface area (Å²) in [5, 5.41) is 11.0. The van der Waals surface area contributed by atoms with Gasteiger partial charge >= 0.3 is 0 Å². The molecule has 1 saturated heterocycles. The van der Waals surface area contributed by atoms with Gasteiger partial charge in [0.15, 0.2) is 0 Å². The summed E-state index contributed by atoms with van der Waals surface area (Å²) in [6.45, 7) is 5.93. The van der Waals surface area contributed by atoms with Crippen molar-refractivity contribution in [1.82, 2.24) is 4.90 Å². The summed E-state index contributed by atoms with van der Waals surface area (Å²) in [7, 11) is 0. The standard InChI is InChI=1S/C14H19ClFNO/c1-10(2)17-5-3-14(18,4-6-17)11-7-12(15)9-13(16)8-11/h7-10,18H,3-6H2,1-2H3. The summed E-state index contributed by atoms with van der Waals surface area (Å²) in [6, 6.07) is 4.79. The lowest BCUT2D eigenvalue weighted by atomic mass is 9.84. The van der Waals surface area contributed by atoms with E-state index in [2.05, 4.69) is 18.7 Å². The topological polar surface area (TPSA) is 23.5 Å². The van der Waals surface area contributed by atoms with Crippen LogP contribution in [0.15, 0.2) is 18.2 Å². The predicted octanol–water partition coefficient (Wildman–Crippen LogP) is 3.17. The van der Waals surface area contributed by atoms with E-state index in [1.165, 1.54) is 12.1 Å². The fourth-order valence-electron chi connectivity index (χ4n) is 2.52. The van der Waals surface area contributed by atoms with E-state index in [4.69, 9.17) is 11.6 Å². The smallest absolute Gasteiger partial charge is 0.125 e. The largest absolute Gasteiger partial charge is 0.385 e. The first-order valence-corrected chi connectivity index (χ1v) is 6.71. The highest BCUT2D eigenvalue weighted by Crippen LogP contribution is 2.34. The fourth-order valence-corrected chi connectivity index (χ4v) is 2.74. The van der Waals surface area contributed by atoms with Gasteiger partial charge in [-0.15, -0.1) is 0 Å². The van der Waals surface area contributed by atoms with E-state index in [0.29, 0.717) is 29.5 Å². The van der Waals surface area contributed by atoms with Crippen molar-refractivity contribution in [2.45, 2.75) is 38.3 Å². The molecule has 0 radical (unpaired) electrons. The molecule has 18 heavy (non-hydrogen) atoms. The Balaban J connectivity index is 2.18. The summed E-state index contributed by atoms with van der Waals surface area (Å²) in [5.74, 6) is -0.391. The van der Waals surface area contributed by atoms with Crippen molar-refractivity contribution in [3.05, 3.63) is 34.6 Å². The number of rotatable bonds is 2. The van der Waals surface area contributed by atoms with Gasteiger partial charge in [-0.05, 0) is 50.5 Å². The van der Waals surface area contributed by atoms with Gasteiger partial charge in [0.1, 0.15) is 5.82 Å². The lowest BCUT2D eigenvalue weighted by Gasteiger charge is -2.40. The molecule has 0 atom stereocenters. The van der Waals surface area contributed by atoms with Crippen LogP contribution in [0.3, 0.4) is 0 Å². The zero-order valence-corrected chi connectivity index (χ0v) is 11.5. The molecule has 1 aromatic carbocycles. The monoisotopic (exact) mass is 271 g/mol. The van der Waals surface area contributed by atoms with Crippen molar-refractivity contribution >= 4 is 11.6 Å². The molecule has 2 rings (SSSR count). The number of nitrogens with zero attached hydrogens (tertiary/aromatic N) is 1. The number of piperidine rings is 1. The molecule has 0 unspecified atom stereocenters. The van der Waals surface area contributed by atoms with E-state index in [-0.39, 0.29) is 0 Å². The highest BCUT2D eigenvalue weighted by Gasteiger charge is 2.35. The molecule has 2 nitrogen and oxygen atoms in total. The minimum atomic E-state index is -0.947. The third-order valence-corrected chi connectivity index (χ3v) is 3.97. The fraction of sp³-hybridized carbons (Fsp3) is 0.571. The minimum absolute atomic E-state index is 0.338. The molecule has 1 fully saturated rings. The molecular formula is C14H19ClFNO. The van der Waals surface area contributed by atoms with Crippen LogP contribution in [0, 0.1) is 5.82 Å². The van der Waals surface area contributed by atoms with Crippen LogP contribution >= 0.6 is 11.6 Å². The Bertz CT molecular complexity index is 408. The Labute approximate surface area is 112 Å². The second-order valence-electron chi connectivity index (χ2n) is 5.32. The summed E-state index contributed by atoms with van der Waals surface area (Å²) in [6.07, 6.45) is 1.23. The second-order valence-corrected chi connectivity index (χ2v) is 5.76. The summed E-state index contributed by atoms with van der Waals surface area (Å²) in [5.41, 5.74) is -0.354. The van der Waals surface area contributed by atoms with E-state index in [1.54, 1.807) is 6.07 Å². The Hall–Kier alpha value is -0.640. The molecule has 0 aromatic heterocycles. The maximum Gasteiger partial charge on any atom is 0.125 e. The predicted molar refractivity (Wildman–Crippen MR) is 71.2 cm³/mol. The van der Waals surface area contributed by atoms with Crippen LogP contribution in [0.1, 0.15) is 32.3 Å². The molecule has 1 heterocycles. The molecular weight excluding hydrogens is 253 g/mol. The third kappa shape index (κ3) is 2.85. The molecule has 0 bridgehead atoms. The Morgan fingerprint density at radius 2 is 1.89 bits per heavy atom. The molecule has 1 aliphatic heterocycles. The molecule has 1 aliphatic rings. The van der Waals surface area contributed by atoms with Gasteiger partial charge < -0.3 is 10.0 Å². The molecule has 0 spiro atoms. The van der Waals surface area contributed by atoms with E-state index in [9.17, 15) is 9.50 Å². The number of benzene rings is 1. The van der Waals surface area contributed by atoms with Gasteiger partial charge in [0.05, 0.1) is 5.60 Å². The van der Waals surface area contributed by atoms with Crippen LogP contribution in [0.4, 0.5) is 4.39 Å². The van der Waals surface area contributed by atoms with Crippen LogP contribution in [-0.4, -0.2) is 29.1 Å². The lowest BCUT2D eigenvalue weighted by molar-refractivity contribution is -0.0325. The highest BCUT2D eigenvalue weighted by molar-refractivity contribution is 6.30. The Morgan fingerprint density at radius 3 is 2.39 bits per heavy atom. The zero-order valence-electron chi connectivity index (χ0n) is 10.8. The number of halogens is 2. The van der Waals surface area contributed by atoms with Gasteiger partial charge in [-0.1, -0.05) is 11.6 Å². The summed E-state index contributed by atoms with van der Waals surface area (Å²) >= 11 is 5.85. The Kier molecular flexibility index (Phi) is 3.95. The zero-order chi connectivity index (χ0) is 13.3. The number of hydrogen-bond acceptors (Lipinski definition) is 2. The van der Waals surface area contributed by atoms with Crippen LogP contribution in [0.25, 0.3) is 0 Å². The van der Waals surface area contributed by atoms with Crippen molar-refractivity contribution in [3.8, 4) is 0 Å². The SMILES string of the molecule is CC(C)N1CCC(O)(c2cc(F)cc(Cl)c2)CC1. The van der Waals surface area contributed by atoms with Crippen LogP contribution in [0.2, 0.25) is 5.02 Å². The molecule has 4 heteroatoms. The molecule has 0 aliphatic carbocycles. The second kappa shape index (κ2) is 5.16. The lowest BCUT2D eigenvalue weighted by Crippen LogP contribution is -2.45. The maximum atomic E-state index is 13.4. The van der Waals surface area contributed by atoms with E-state index in [1.807, 2.05) is 0 Å². The van der Waals surface area contributed by atoms with Crippen LogP contribution in [0.5, 0.6) is 0 Å². The molecule has 1 aromatic rings. The molecule has 0 saturated carbocycles. The van der Waals surface area contributed by atoms with Crippen molar-refractivity contribution in [1.29, 1.82) is 0 Å². The Morgan fingerprint density at radius 1 is 1.28 bits per heavy atom. The first-order valence-electron chi connectivity index (χ1n) is 6.34. The molecule has 0 amide bonds. The third-order valence-electron chi connectivity index (χ3n) is 3.76. The quantitative estimate of drug-likeness (QED) is 0.893. The van der Waals surface area contributed by atoms with Gasteiger partial charge in [0.2, 0.25) is 0 Å². The average molecular weight is 272 g/mol. The average Bonchev–Trinajstić information content (AvgIpc) is 2.28. The van der Waals surface area contributed by atoms with E-state index < -0.39 is 11.4 Å². The molecule has 100 valence electrons. The summed E-state index contributed by atoms with van der Waals surface area (Å²) in [4.78, 5) is 2.31. The highest BCUT2D eigenvalue weighted by atomic mass is 35.5. The normalized spacial score (nSPS) is 20.3. The van der Waals surface area contributed by atoms with Crippen LogP contribution in [-0.2, 0) is 5.60 Å². The van der Waals surface area contributed by atoms with Crippen LogP contribution < -0.4 is 0 Å². The minimum Gasteiger partial charge on any atom is -0.385 e. The van der Waals surface area contributed by atoms with Gasteiger partial charge in [-0.3, -0.25) is 0 Å². The number of hydrogen-bond donors (Lipinski definition) is 1. The van der Waals surface area contributed by atoms with Crippen molar-refractivity contribution in [2.75, 3.05) is 13.1 Å². The van der Waals surface area contributed by atoms with Gasteiger partial charge in [0.25, 0.3) is 0 Å². The first kappa shape index (κ1) is 13.8.